The molecule has 0 aliphatic carbocycles. The molecular weight excluding hydrogens is 276 g/mol. The Bertz CT molecular complexity index is 592. The molecule has 20 heavy (non-hydrogen) atoms. The number of amides is 1. The normalized spacial score (nSPS) is 9.90. The van der Waals surface area contributed by atoms with Crippen molar-refractivity contribution in [2.45, 2.75) is 6.92 Å². The summed E-state index contributed by atoms with van der Waals surface area (Å²) in [6, 6.07) is 1.14. The number of rotatable bonds is 4. The molecule has 0 spiro atoms. The van der Waals surface area contributed by atoms with Gasteiger partial charge in [-0.15, -0.1) is 0 Å². The summed E-state index contributed by atoms with van der Waals surface area (Å²) in [4.78, 5) is 41.4. The number of carbonyl (C=O) groups excluding carboxylic acids is 1. The fourth-order valence-electron chi connectivity index (χ4n) is 1.47. The van der Waals surface area contributed by atoms with E-state index in [4.69, 9.17) is 0 Å². The predicted octanol–water partition coefficient (Wildman–Crippen LogP) is 1.39. The first kappa shape index (κ1) is 14.9. The number of nitrogens with zero attached hydrogens (tertiary/aromatic N) is 4. The number of nitro benzene ring substituents is 3. The number of carbonyl (C=O) groups is 1. The molecule has 0 heterocycles. The molecule has 0 aliphatic rings. The van der Waals surface area contributed by atoms with E-state index in [1.807, 2.05) is 0 Å². The number of nitro groups is 3. The van der Waals surface area contributed by atoms with Crippen LogP contribution < -0.4 is 4.90 Å². The van der Waals surface area contributed by atoms with Gasteiger partial charge in [0.2, 0.25) is 11.6 Å². The van der Waals surface area contributed by atoms with Crippen LogP contribution in [0.4, 0.5) is 22.7 Å². The monoisotopic (exact) mass is 284 g/mol. The van der Waals surface area contributed by atoms with Crippen LogP contribution >= 0.6 is 0 Å². The van der Waals surface area contributed by atoms with E-state index in [1.54, 1.807) is 0 Å². The van der Waals surface area contributed by atoms with Gasteiger partial charge in [-0.05, 0) is 0 Å². The van der Waals surface area contributed by atoms with Gasteiger partial charge < -0.3 is 4.90 Å². The first-order chi connectivity index (χ1) is 9.16. The van der Waals surface area contributed by atoms with Gasteiger partial charge in [-0.25, -0.2) is 0 Å². The molecule has 1 aromatic carbocycles. The Morgan fingerprint density at radius 3 is 1.65 bits per heavy atom. The molecule has 1 aromatic rings. The van der Waals surface area contributed by atoms with E-state index < -0.39 is 43.4 Å². The summed E-state index contributed by atoms with van der Waals surface area (Å²) < 4.78 is 0. The fraction of sp³-hybridized carbons (Fsp3) is 0.222. The Kier molecular flexibility index (Phi) is 3.93. The summed E-state index contributed by atoms with van der Waals surface area (Å²) in [6.45, 7) is 1.05. The molecular formula is C9H8N4O7. The van der Waals surface area contributed by atoms with Gasteiger partial charge in [0, 0.05) is 14.0 Å². The van der Waals surface area contributed by atoms with Crippen molar-refractivity contribution >= 4 is 28.7 Å². The lowest BCUT2D eigenvalue weighted by Crippen LogP contribution is -2.24. The summed E-state index contributed by atoms with van der Waals surface area (Å²) in [5.74, 6) is -0.690. The Hall–Kier alpha value is -3.11. The lowest BCUT2D eigenvalue weighted by atomic mass is 10.2. The molecule has 0 unspecified atom stereocenters. The molecule has 0 aromatic heterocycles. The first-order valence-corrected chi connectivity index (χ1v) is 5.02. The molecule has 0 N–H and O–H groups in total. The van der Waals surface area contributed by atoms with Gasteiger partial charge >= 0.3 is 11.4 Å². The molecule has 106 valence electrons. The Labute approximate surface area is 110 Å². The summed E-state index contributed by atoms with van der Waals surface area (Å²) in [5.41, 5.74) is -3.17. The third-order valence-electron chi connectivity index (χ3n) is 2.47. The third kappa shape index (κ3) is 2.66. The Balaban J connectivity index is 3.77. The van der Waals surface area contributed by atoms with Crippen molar-refractivity contribution in [1.82, 2.24) is 0 Å². The molecule has 0 fully saturated rings. The van der Waals surface area contributed by atoms with Crippen LogP contribution in [-0.2, 0) is 4.79 Å². The third-order valence-corrected chi connectivity index (χ3v) is 2.47. The van der Waals surface area contributed by atoms with Crippen LogP contribution in [0.15, 0.2) is 12.1 Å². The Morgan fingerprint density at radius 1 is 1.00 bits per heavy atom. The van der Waals surface area contributed by atoms with Crippen LogP contribution in [0, 0.1) is 30.3 Å². The lowest BCUT2D eigenvalue weighted by molar-refractivity contribution is -0.402. The highest BCUT2D eigenvalue weighted by Crippen LogP contribution is 2.40. The van der Waals surface area contributed by atoms with Crippen LogP contribution in [-0.4, -0.2) is 27.7 Å². The lowest BCUT2D eigenvalue weighted by Gasteiger charge is -2.14. The number of benzene rings is 1. The van der Waals surface area contributed by atoms with E-state index in [2.05, 4.69) is 0 Å². The summed E-state index contributed by atoms with van der Waals surface area (Å²) in [5, 5.41) is 32.5. The van der Waals surface area contributed by atoms with E-state index >= 15 is 0 Å². The molecule has 1 amide bonds. The zero-order chi connectivity index (χ0) is 15.6. The van der Waals surface area contributed by atoms with Crippen LogP contribution in [0.1, 0.15) is 6.92 Å². The van der Waals surface area contributed by atoms with Crippen molar-refractivity contribution < 1.29 is 19.6 Å². The molecule has 0 radical (unpaired) electrons. The number of hydrogen-bond donors (Lipinski definition) is 0. The van der Waals surface area contributed by atoms with Crippen LogP contribution in [0.25, 0.3) is 0 Å². The second-order valence-corrected chi connectivity index (χ2v) is 3.68. The van der Waals surface area contributed by atoms with Crippen molar-refractivity contribution in [1.29, 1.82) is 0 Å². The summed E-state index contributed by atoms with van der Waals surface area (Å²) >= 11 is 0. The fourth-order valence-corrected chi connectivity index (χ4v) is 1.47. The molecule has 1 rings (SSSR count). The van der Waals surface area contributed by atoms with Crippen molar-refractivity contribution in [3.05, 3.63) is 42.5 Å². The second-order valence-electron chi connectivity index (χ2n) is 3.68. The standard InChI is InChI=1S/C9H8N4O7/c1-5(14)10(2)9-7(12(17)18)3-6(11(15)16)4-8(9)13(19)20/h3-4H,1-2H3. The molecule has 0 saturated carbocycles. The highest BCUT2D eigenvalue weighted by Gasteiger charge is 2.33. The summed E-state index contributed by atoms with van der Waals surface area (Å²) in [6.07, 6.45) is 0. The van der Waals surface area contributed by atoms with Crippen LogP contribution in [0.2, 0.25) is 0 Å². The molecule has 0 saturated heterocycles. The van der Waals surface area contributed by atoms with Gasteiger partial charge in [-0.3, -0.25) is 35.1 Å². The molecule has 11 heteroatoms. The molecule has 0 aliphatic heterocycles. The van der Waals surface area contributed by atoms with Gasteiger partial charge in [0.1, 0.15) is 0 Å². The number of hydrogen-bond acceptors (Lipinski definition) is 7. The molecule has 11 nitrogen and oxygen atoms in total. The topological polar surface area (TPSA) is 150 Å². The Morgan fingerprint density at radius 2 is 1.40 bits per heavy atom. The molecule has 0 atom stereocenters. The molecule has 0 bridgehead atoms. The minimum Gasteiger partial charge on any atom is -0.304 e. The minimum absolute atomic E-state index is 0.571. The van der Waals surface area contributed by atoms with Crippen molar-refractivity contribution in [2.75, 3.05) is 11.9 Å². The van der Waals surface area contributed by atoms with E-state index in [0.29, 0.717) is 17.0 Å². The number of anilines is 1. The zero-order valence-corrected chi connectivity index (χ0v) is 10.3. The van der Waals surface area contributed by atoms with E-state index in [9.17, 15) is 35.1 Å². The van der Waals surface area contributed by atoms with Gasteiger partial charge in [-0.2, -0.15) is 0 Å². The maximum absolute atomic E-state index is 11.3. The van der Waals surface area contributed by atoms with Gasteiger partial charge in [0.25, 0.3) is 5.69 Å². The van der Waals surface area contributed by atoms with Gasteiger partial charge in [0.05, 0.1) is 26.9 Å². The van der Waals surface area contributed by atoms with Crippen LogP contribution in [0.3, 0.4) is 0 Å². The van der Waals surface area contributed by atoms with E-state index in [1.165, 1.54) is 0 Å². The SMILES string of the molecule is CC(=O)N(C)c1c([N+](=O)[O-])cc([N+](=O)[O-])cc1[N+](=O)[O-]. The van der Waals surface area contributed by atoms with Gasteiger partial charge in [0.15, 0.2) is 0 Å². The maximum atomic E-state index is 11.3. The average Bonchev–Trinajstić information content (AvgIpc) is 2.35. The van der Waals surface area contributed by atoms with Crippen molar-refractivity contribution in [3.8, 4) is 0 Å². The zero-order valence-electron chi connectivity index (χ0n) is 10.3. The van der Waals surface area contributed by atoms with E-state index in [0.717, 1.165) is 14.0 Å². The largest absolute Gasteiger partial charge is 0.306 e. The maximum Gasteiger partial charge on any atom is 0.306 e. The number of non-ortho nitro benzene ring substituents is 1. The smallest absolute Gasteiger partial charge is 0.304 e. The average molecular weight is 284 g/mol. The quantitative estimate of drug-likeness (QED) is 0.598. The van der Waals surface area contributed by atoms with Crippen molar-refractivity contribution in [2.24, 2.45) is 0 Å². The van der Waals surface area contributed by atoms with Gasteiger partial charge in [-0.1, -0.05) is 0 Å². The predicted molar refractivity (Wildman–Crippen MR) is 65.5 cm³/mol. The highest BCUT2D eigenvalue weighted by atomic mass is 16.6. The second kappa shape index (κ2) is 5.26. The van der Waals surface area contributed by atoms with Crippen LogP contribution in [0.5, 0.6) is 0 Å². The first-order valence-electron chi connectivity index (χ1n) is 5.02. The summed E-state index contributed by atoms with van der Waals surface area (Å²) in [7, 11) is 1.10. The van der Waals surface area contributed by atoms with Crippen molar-refractivity contribution in [3.63, 3.8) is 0 Å². The van der Waals surface area contributed by atoms with E-state index in [-0.39, 0.29) is 0 Å². The highest BCUT2D eigenvalue weighted by molar-refractivity contribution is 5.97. The minimum atomic E-state index is -1.02.